The molecule has 8 heteroatoms. The standard InChI is InChI=1S/C11H12BrFN2O3S/c12-8-5-11(15(16)17)10(6-9(8)13)14-7-1-3-19(18)4-2-7/h5-7,14H,1-4H2. The van der Waals surface area contributed by atoms with Crippen LogP contribution in [0.3, 0.4) is 0 Å². The van der Waals surface area contributed by atoms with Crippen molar-refractivity contribution in [3.05, 3.63) is 32.5 Å². The van der Waals surface area contributed by atoms with Crippen molar-refractivity contribution in [1.29, 1.82) is 0 Å². The summed E-state index contributed by atoms with van der Waals surface area (Å²) in [5, 5.41) is 13.9. The Kier molecular flexibility index (Phi) is 4.51. The van der Waals surface area contributed by atoms with Gasteiger partial charge < -0.3 is 5.32 Å². The second kappa shape index (κ2) is 5.96. The van der Waals surface area contributed by atoms with Crippen molar-refractivity contribution in [1.82, 2.24) is 0 Å². The Hall–Kier alpha value is -1.02. The number of nitro groups is 1. The van der Waals surface area contributed by atoms with Gasteiger partial charge in [-0.3, -0.25) is 14.3 Å². The van der Waals surface area contributed by atoms with Crippen LogP contribution in [0.15, 0.2) is 16.6 Å². The van der Waals surface area contributed by atoms with Gasteiger partial charge in [-0.2, -0.15) is 0 Å². The molecular weight excluding hydrogens is 339 g/mol. The third-order valence-corrected chi connectivity index (χ3v) is 4.97. The molecule has 104 valence electrons. The molecule has 0 unspecified atom stereocenters. The number of halogens is 2. The van der Waals surface area contributed by atoms with Crippen LogP contribution in [0.25, 0.3) is 0 Å². The Labute approximate surface area is 120 Å². The maximum atomic E-state index is 13.5. The van der Waals surface area contributed by atoms with Gasteiger partial charge in [0, 0.05) is 40.5 Å². The SMILES string of the molecule is O=[N+]([O-])c1cc(Br)c(F)cc1NC1CCS(=O)CC1. The number of rotatable bonds is 3. The van der Waals surface area contributed by atoms with Gasteiger partial charge in [-0.25, -0.2) is 4.39 Å². The van der Waals surface area contributed by atoms with Crippen LogP contribution < -0.4 is 5.32 Å². The van der Waals surface area contributed by atoms with Crippen molar-refractivity contribution in [2.45, 2.75) is 18.9 Å². The number of nitrogens with zero attached hydrogens (tertiary/aromatic N) is 1. The zero-order valence-corrected chi connectivity index (χ0v) is 12.3. The molecule has 2 rings (SSSR count). The zero-order valence-electron chi connectivity index (χ0n) is 9.90. The average Bonchev–Trinajstić information content (AvgIpc) is 2.36. The average molecular weight is 351 g/mol. The molecule has 0 spiro atoms. The molecule has 1 aliphatic rings. The van der Waals surface area contributed by atoms with E-state index in [1.165, 1.54) is 0 Å². The van der Waals surface area contributed by atoms with E-state index in [-0.39, 0.29) is 21.9 Å². The van der Waals surface area contributed by atoms with Crippen LogP contribution >= 0.6 is 15.9 Å². The van der Waals surface area contributed by atoms with Crippen molar-refractivity contribution in [2.24, 2.45) is 0 Å². The fourth-order valence-corrected chi connectivity index (χ4v) is 3.59. The van der Waals surface area contributed by atoms with E-state index in [1.807, 2.05) is 0 Å². The number of hydrogen-bond donors (Lipinski definition) is 1. The predicted molar refractivity (Wildman–Crippen MR) is 75.3 cm³/mol. The van der Waals surface area contributed by atoms with Gasteiger partial charge in [-0.1, -0.05) is 0 Å². The first-order valence-corrected chi connectivity index (χ1v) is 8.00. The topological polar surface area (TPSA) is 72.2 Å². The highest BCUT2D eigenvalue weighted by Crippen LogP contribution is 2.32. The lowest BCUT2D eigenvalue weighted by Gasteiger charge is -2.23. The molecule has 1 N–H and O–H groups in total. The van der Waals surface area contributed by atoms with E-state index in [1.54, 1.807) is 0 Å². The van der Waals surface area contributed by atoms with Crippen LogP contribution in [0.1, 0.15) is 12.8 Å². The van der Waals surface area contributed by atoms with Crippen LogP contribution in [-0.2, 0) is 10.8 Å². The van der Waals surface area contributed by atoms with Crippen LogP contribution in [0, 0.1) is 15.9 Å². The number of anilines is 1. The minimum Gasteiger partial charge on any atom is -0.377 e. The van der Waals surface area contributed by atoms with Crippen molar-refractivity contribution >= 4 is 38.1 Å². The Morgan fingerprint density at radius 1 is 1.42 bits per heavy atom. The first-order chi connectivity index (χ1) is 8.97. The normalized spacial score (nSPS) is 23.1. The van der Waals surface area contributed by atoms with Gasteiger partial charge in [0.15, 0.2) is 0 Å². The highest BCUT2D eigenvalue weighted by atomic mass is 79.9. The molecule has 1 saturated heterocycles. The van der Waals surface area contributed by atoms with Gasteiger partial charge in [-0.15, -0.1) is 0 Å². The maximum Gasteiger partial charge on any atom is 0.293 e. The molecule has 0 aromatic heterocycles. The summed E-state index contributed by atoms with van der Waals surface area (Å²) >= 11 is 2.93. The Balaban J connectivity index is 2.21. The lowest BCUT2D eigenvalue weighted by Crippen LogP contribution is -2.29. The molecule has 0 amide bonds. The fraction of sp³-hybridized carbons (Fsp3) is 0.455. The minimum absolute atomic E-state index is 0.00280. The summed E-state index contributed by atoms with van der Waals surface area (Å²) in [6.07, 6.45) is 1.34. The van der Waals surface area contributed by atoms with Gasteiger partial charge in [0.25, 0.3) is 5.69 Å². The molecule has 0 atom stereocenters. The Bertz CT molecular complexity index is 531. The van der Waals surface area contributed by atoms with E-state index >= 15 is 0 Å². The molecule has 1 aromatic rings. The summed E-state index contributed by atoms with van der Waals surface area (Å²) in [6, 6.07) is 2.27. The van der Waals surface area contributed by atoms with Crippen LogP contribution in [0.5, 0.6) is 0 Å². The fourth-order valence-electron chi connectivity index (χ4n) is 1.96. The molecule has 5 nitrogen and oxygen atoms in total. The molecule has 19 heavy (non-hydrogen) atoms. The number of hydrogen-bond acceptors (Lipinski definition) is 4. The molecule has 1 aromatic carbocycles. The Morgan fingerprint density at radius 2 is 2.05 bits per heavy atom. The summed E-state index contributed by atoms with van der Waals surface area (Å²) in [5.74, 6) is 0.599. The smallest absolute Gasteiger partial charge is 0.293 e. The lowest BCUT2D eigenvalue weighted by molar-refractivity contribution is -0.384. The summed E-state index contributed by atoms with van der Waals surface area (Å²) in [6.45, 7) is 0. The molecule has 1 aliphatic heterocycles. The van der Waals surface area contributed by atoms with Crippen molar-refractivity contribution in [3.63, 3.8) is 0 Å². The Morgan fingerprint density at radius 3 is 2.63 bits per heavy atom. The van der Waals surface area contributed by atoms with Gasteiger partial charge in [-0.05, 0) is 28.8 Å². The van der Waals surface area contributed by atoms with E-state index in [9.17, 15) is 18.7 Å². The molecule has 1 fully saturated rings. The quantitative estimate of drug-likeness (QED) is 0.671. The summed E-state index contributed by atoms with van der Waals surface area (Å²) in [4.78, 5) is 10.4. The van der Waals surface area contributed by atoms with Gasteiger partial charge in [0.2, 0.25) is 0 Å². The van der Waals surface area contributed by atoms with Crippen molar-refractivity contribution in [3.8, 4) is 0 Å². The van der Waals surface area contributed by atoms with E-state index in [0.29, 0.717) is 24.3 Å². The van der Waals surface area contributed by atoms with Crippen molar-refractivity contribution < 1.29 is 13.5 Å². The highest BCUT2D eigenvalue weighted by molar-refractivity contribution is 9.10. The van der Waals surface area contributed by atoms with Gasteiger partial charge in [0.1, 0.15) is 11.5 Å². The molecular formula is C11H12BrFN2O3S. The molecule has 0 bridgehead atoms. The molecule has 1 heterocycles. The summed E-state index contributed by atoms with van der Waals surface area (Å²) in [5.41, 5.74) is 0.00310. The number of nitro benzene ring substituents is 1. The monoisotopic (exact) mass is 350 g/mol. The zero-order chi connectivity index (χ0) is 14.0. The van der Waals surface area contributed by atoms with E-state index in [2.05, 4.69) is 21.2 Å². The number of nitrogens with one attached hydrogen (secondary N) is 1. The van der Waals surface area contributed by atoms with Crippen LogP contribution in [-0.4, -0.2) is 26.7 Å². The number of benzene rings is 1. The summed E-state index contributed by atoms with van der Waals surface area (Å²) in [7, 11) is -0.797. The molecule has 0 aliphatic carbocycles. The van der Waals surface area contributed by atoms with Crippen molar-refractivity contribution in [2.75, 3.05) is 16.8 Å². The van der Waals surface area contributed by atoms with Gasteiger partial charge in [0.05, 0.1) is 9.40 Å². The molecule has 0 radical (unpaired) electrons. The second-order valence-corrected chi connectivity index (χ2v) is 6.86. The first kappa shape index (κ1) is 14.4. The first-order valence-electron chi connectivity index (χ1n) is 5.72. The third kappa shape index (κ3) is 3.50. The third-order valence-electron chi connectivity index (χ3n) is 2.98. The summed E-state index contributed by atoms with van der Waals surface area (Å²) < 4.78 is 24.8. The van der Waals surface area contributed by atoms with E-state index in [0.717, 1.165) is 12.1 Å². The predicted octanol–water partition coefficient (Wildman–Crippen LogP) is 2.82. The van der Waals surface area contributed by atoms with Crippen LogP contribution in [0.4, 0.5) is 15.8 Å². The van der Waals surface area contributed by atoms with Crippen LogP contribution in [0.2, 0.25) is 0 Å². The van der Waals surface area contributed by atoms with Gasteiger partial charge >= 0.3 is 0 Å². The van der Waals surface area contributed by atoms with E-state index < -0.39 is 21.5 Å². The highest BCUT2D eigenvalue weighted by Gasteiger charge is 2.23. The van der Waals surface area contributed by atoms with E-state index in [4.69, 9.17) is 0 Å². The largest absolute Gasteiger partial charge is 0.377 e. The lowest BCUT2D eigenvalue weighted by atomic mass is 10.1. The minimum atomic E-state index is -0.797. The second-order valence-electron chi connectivity index (χ2n) is 4.31. The molecule has 0 saturated carbocycles. The maximum absolute atomic E-state index is 13.5.